The predicted molar refractivity (Wildman–Crippen MR) is 100 cm³/mol. The lowest BCUT2D eigenvalue weighted by Gasteiger charge is -2.30. The Kier molecular flexibility index (Phi) is 5.14. The second-order valence-electron chi connectivity index (χ2n) is 6.64. The van der Waals surface area contributed by atoms with Crippen LogP contribution in [0.5, 0.6) is 0 Å². The summed E-state index contributed by atoms with van der Waals surface area (Å²) in [5, 5.41) is 0.813. The number of ether oxygens (including phenoxy) is 1. The SMILES string of the molecule is COC(=O)C1c2ccccc2[C@@H]2CN1C(=O)N2OP(=O)(O)OCc1ccccc1. The van der Waals surface area contributed by atoms with Gasteiger partial charge in [0.05, 0.1) is 20.3 Å². The molecule has 2 amide bonds. The number of hydroxylamine groups is 2. The summed E-state index contributed by atoms with van der Waals surface area (Å²) in [6.07, 6.45) is 0. The molecule has 0 spiro atoms. The zero-order chi connectivity index (χ0) is 20.6. The summed E-state index contributed by atoms with van der Waals surface area (Å²) in [7, 11) is -3.35. The van der Waals surface area contributed by atoms with Gasteiger partial charge in [0, 0.05) is 0 Å². The minimum absolute atomic E-state index is 0.119. The van der Waals surface area contributed by atoms with Crippen LogP contribution in [0.15, 0.2) is 54.6 Å². The summed E-state index contributed by atoms with van der Waals surface area (Å²) in [5.74, 6) is -0.599. The fourth-order valence-corrected chi connectivity index (χ4v) is 4.36. The molecule has 0 saturated carbocycles. The smallest absolute Gasteiger partial charge is 0.467 e. The molecular weight excluding hydrogens is 399 g/mol. The monoisotopic (exact) mass is 418 g/mol. The van der Waals surface area contributed by atoms with Gasteiger partial charge in [-0.3, -0.25) is 4.52 Å². The quantitative estimate of drug-likeness (QED) is 0.568. The molecular formula is C19H19N2O7P. The highest BCUT2D eigenvalue weighted by atomic mass is 31.2. The molecule has 1 fully saturated rings. The van der Waals surface area contributed by atoms with Crippen molar-refractivity contribution in [1.82, 2.24) is 9.96 Å². The van der Waals surface area contributed by atoms with E-state index in [1.54, 1.807) is 48.5 Å². The molecule has 4 rings (SSSR count). The van der Waals surface area contributed by atoms with Crippen LogP contribution in [0, 0.1) is 0 Å². The van der Waals surface area contributed by atoms with Crippen molar-refractivity contribution in [1.29, 1.82) is 0 Å². The first-order valence-electron chi connectivity index (χ1n) is 8.89. The van der Waals surface area contributed by atoms with Crippen molar-refractivity contribution < 1.29 is 32.9 Å². The van der Waals surface area contributed by atoms with Crippen LogP contribution in [0.1, 0.15) is 28.8 Å². The number of carbonyl (C=O) groups excluding carboxylic acids is 2. The van der Waals surface area contributed by atoms with E-state index in [-0.39, 0.29) is 13.2 Å². The number of rotatable bonds is 6. The number of methoxy groups -OCH3 is 1. The van der Waals surface area contributed by atoms with E-state index in [0.717, 1.165) is 5.06 Å². The summed E-state index contributed by atoms with van der Waals surface area (Å²) in [5.41, 5.74) is 1.91. The number of fused-ring (bicyclic) bond motifs is 4. The first kappa shape index (κ1) is 19.6. The molecule has 152 valence electrons. The minimum atomic E-state index is -4.59. The van der Waals surface area contributed by atoms with E-state index in [4.69, 9.17) is 13.9 Å². The number of phosphoric acid groups is 1. The first-order chi connectivity index (χ1) is 13.9. The van der Waals surface area contributed by atoms with Gasteiger partial charge in [0.15, 0.2) is 6.04 Å². The van der Waals surface area contributed by atoms with E-state index in [0.29, 0.717) is 16.7 Å². The maximum absolute atomic E-state index is 12.9. The van der Waals surface area contributed by atoms with Crippen LogP contribution in [0.2, 0.25) is 0 Å². The first-order valence-corrected chi connectivity index (χ1v) is 10.4. The fourth-order valence-electron chi connectivity index (χ4n) is 3.59. The number of benzene rings is 2. The van der Waals surface area contributed by atoms with E-state index in [1.165, 1.54) is 12.0 Å². The van der Waals surface area contributed by atoms with Crippen LogP contribution in [0.3, 0.4) is 0 Å². The molecule has 10 heteroatoms. The lowest BCUT2D eigenvalue weighted by molar-refractivity contribution is -0.146. The van der Waals surface area contributed by atoms with Crippen molar-refractivity contribution in [2.24, 2.45) is 0 Å². The summed E-state index contributed by atoms with van der Waals surface area (Å²) in [6, 6.07) is 13.5. The van der Waals surface area contributed by atoms with Gasteiger partial charge >= 0.3 is 19.8 Å². The van der Waals surface area contributed by atoms with Crippen molar-refractivity contribution >= 4 is 19.8 Å². The molecule has 0 aromatic heterocycles. The number of phosphoric ester groups is 1. The Balaban J connectivity index is 1.57. The number of nitrogens with zero attached hydrogens (tertiary/aromatic N) is 2. The molecule has 29 heavy (non-hydrogen) atoms. The number of amides is 2. The van der Waals surface area contributed by atoms with Crippen molar-refractivity contribution in [2.75, 3.05) is 13.7 Å². The Morgan fingerprint density at radius 3 is 2.48 bits per heavy atom. The zero-order valence-electron chi connectivity index (χ0n) is 15.5. The number of hydrogen-bond acceptors (Lipinski definition) is 6. The Labute approximate surface area is 167 Å². The molecule has 0 radical (unpaired) electrons. The van der Waals surface area contributed by atoms with Gasteiger partial charge in [-0.25, -0.2) is 14.2 Å². The maximum atomic E-state index is 12.9. The molecule has 2 aromatic rings. The van der Waals surface area contributed by atoms with Crippen molar-refractivity contribution in [3.8, 4) is 0 Å². The van der Waals surface area contributed by atoms with Gasteiger partial charge in [0.1, 0.15) is 6.04 Å². The molecule has 2 aromatic carbocycles. The topological polar surface area (TPSA) is 106 Å². The summed E-state index contributed by atoms with van der Waals surface area (Å²) < 4.78 is 27.5. The number of hydrogen-bond donors (Lipinski definition) is 1. The van der Waals surface area contributed by atoms with E-state index in [2.05, 4.69) is 0 Å². The molecule has 9 nitrogen and oxygen atoms in total. The average Bonchev–Trinajstić information content (AvgIpc) is 3.00. The van der Waals surface area contributed by atoms with Crippen LogP contribution in [0.25, 0.3) is 0 Å². The molecule has 3 atom stereocenters. The largest absolute Gasteiger partial charge is 0.494 e. The van der Waals surface area contributed by atoms with Crippen LogP contribution in [-0.4, -0.2) is 40.5 Å². The minimum Gasteiger partial charge on any atom is -0.467 e. The van der Waals surface area contributed by atoms with E-state index in [9.17, 15) is 19.0 Å². The number of carbonyl (C=O) groups is 2. The third-order valence-corrected chi connectivity index (χ3v) is 5.74. The highest BCUT2D eigenvalue weighted by Crippen LogP contribution is 2.51. The molecule has 2 unspecified atom stereocenters. The lowest BCUT2D eigenvalue weighted by Crippen LogP contribution is -2.38. The van der Waals surface area contributed by atoms with E-state index >= 15 is 0 Å². The summed E-state index contributed by atoms with van der Waals surface area (Å²) in [4.78, 5) is 36.6. The molecule has 0 aliphatic carbocycles. The Morgan fingerprint density at radius 2 is 1.79 bits per heavy atom. The van der Waals surface area contributed by atoms with Gasteiger partial charge in [0.2, 0.25) is 0 Å². The number of esters is 1. The average molecular weight is 418 g/mol. The van der Waals surface area contributed by atoms with E-state index < -0.39 is 31.9 Å². The normalized spacial score (nSPS) is 22.2. The molecule has 2 heterocycles. The van der Waals surface area contributed by atoms with Gasteiger partial charge in [-0.15, -0.1) is 0 Å². The fraction of sp³-hybridized carbons (Fsp3) is 0.263. The molecule has 2 aliphatic rings. The van der Waals surface area contributed by atoms with Gasteiger partial charge in [-0.05, 0) is 16.7 Å². The van der Waals surface area contributed by atoms with Crippen LogP contribution >= 0.6 is 7.82 Å². The molecule has 2 aliphatic heterocycles. The molecule has 1 N–H and O–H groups in total. The van der Waals surface area contributed by atoms with Crippen molar-refractivity contribution in [3.63, 3.8) is 0 Å². The second kappa shape index (κ2) is 7.61. The molecule has 1 saturated heterocycles. The third-order valence-electron chi connectivity index (χ3n) is 4.90. The van der Waals surface area contributed by atoms with Crippen LogP contribution < -0.4 is 0 Å². The second-order valence-corrected chi connectivity index (χ2v) is 8.00. The Hall–Kier alpha value is -2.71. The number of urea groups is 1. The van der Waals surface area contributed by atoms with Crippen LogP contribution in [0.4, 0.5) is 4.79 Å². The highest BCUT2D eigenvalue weighted by molar-refractivity contribution is 7.47. The van der Waals surface area contributed by atoms with Gasteiger partial charge in [-0.1, -0.05) is 54.6 Å². The van der Waals surface area contributed by atoms with Gasteiger partial charge < -0.3 is 14.5 Å². The Morgan fingerprint density at radius 1 is 1.14 bits per heavy atom. The summed E-state index contributed by atoms with van der Waals surface area (Å²) in [6.45, 7) is -0.0410. The standard InChI is InChI=1S/C19H19N2O7P/c1-26-18(22)17-15-10-6-5-9-14(15)16-11-20(17)19(23)21(16)28-29(24,25)27-12-13-7-3-2-4-8-13/h2-10,16-17H,11-12H2,1H3,(H,24,25)/t16-,17?/m0/s1. The zero-order valence-corrected chi connectivity index (χ0v) is 16.4. The summed E-state index contributed by atoms with van der Waals surface area (Å²) >= 11 is 0. The Bertz CT molecular complexity index is 984. The highest BCUT2D eigenvalue weighted by Gasteiger charge is 2.53. The van der Waals surface area contributed by atoms with Gasteiger partial charge in [0.25, 0.3) is 0 Å². The van der Waals surface area contributed by atoms with Crippen molar-refractivity contribution in [3.05, 3.63) is 71.3 Å². The van der Waals surface area contributed by atoms with E-state index in [1.807, 2.05) is 6.07 Å². The third kappa shape index (κ3) is 3.65. The van der Waals surface area contributed by atoms with Gasteiger partial charge in [-0.2, -0.15) is 9.69 Å². The predicted octanol–water partition coefficient (Wildman–Crippen LogP) is 2.94. The molecule has 2 bridgehead atoms. The van der Waals surface area contributed by atoms with Crippen molar-refractivity contribution in [2.45, 2.75) is 18.7 Å². The maximum Gasteiger partial charge on any atom is 0.494 e. The lowest BCUT2D eigenvalue weighted by atomic mass is 9.91. The van der Waals surface area contributed by atoms with Crippen LogP contribution in [-0.2, 0) is 29.9 Å².